The Bertz CT molecular complexity index is 1220. The van der Waals surface area contributed by atoms with Crippen LogP contribution >= 0.6 is 24.0 Å². The van der Waals surface area contributed by atoms with Crippen LogP contribution in [0.4, 0.5) is 0 Å². The van der Waals surface area contributed by atoms with Gasteiger partial charge in [0.1, 0.15) is 0 Å². The first kappa shape index (κ1) is 24.7. The maximum absolute atomic E-state index is 12.8. The van der Waals surface area contributed by atoms with Gasteiger partial charge >= 0.3 is 5.97 Å². The number of thiocarbonyl (C=S) groups is 1. The number of methoxy groups -OCH3 is 1. The van der Waals surface area contributed by atoms with E-state index in [1.165, 1.54) is 19.2 Å². The number of hydrogen-bond donors (Lipinski definition) is 2. The summed E-state index contributed by atoms with van der Waals surface area (Å²) in [6.07, 6.45) is 1.38. The third kappa shape index (κ3) is 6.11. The van der Waals surface area contributed by atoms with Crippen LogP contribution in [0.2, 0.25) is 0 Å². The lowest BCUT2D eigenvalue weighted by Gasteiger charge is -2.16. The van der Waals surface area contributed by atoms with Gasteiger partial charge in [-0.15, -0.1) is 4.83 Å². The molecule has 3 rings (SSSR count). The van der Waals surface area contributed by atoms with Crippen LogP contribution in [0.5, 0.6) is 11.5 Å². The largest absolute Gasteiger partial charge is 0.493 e. The number of nitrogens with one attached hydrogen (secondary N) is 1. The van der Waals surface area contributed by atoms with Crippen LogP contribution in [0.25, 0.3) is 6.08 Å². The molecule has 1 amide bonds. The molecule has 174 valence electrons. The number of hydrazine groups is 1. The van der Waals surface area contributed by atoms with Gasteiger partial charge in [-0.3, -0.25) is 9.59 Å². The Morgan fingerprint density at radius 2 is 1.91 bits per heavy atom. The highest BCUT2D eigenvalue weighted by atomic mass is 32.2. The Morgan fingerprint density at radius 1 is 1.21 bits per heavy atom. The van der Waals surface area contributed by atoms with Gasteiger partial charge in [-0.2, -0.15) is 0 Å². The summed E-state index contributed by atoms with van der Waals surface area (Å²) in [7, 11) is -2.57. The Morgan fingerprint density at radius 3 is 2.55 bits per heavy atom. The summed E-state index contributed by atoms with van der Waals surface area (Å²) in [5, 5.41) is 9.55. The van der Waals surface area contributed by atoms with Crippen LogP contribution in [0.15, 0.2) is 52.3 Å². The fraction of sp³-hybridized carbons (Fsp3) is 0.190. The average Bonchev–Trinajstić information content (AvgIpc) is 3.01. The number of carboxylic acid groups (broad SMARTS) is 1. The molecule has 2 aromatic rings. The Kier molecular flexibility index (Phi) is 7.74. The molecular weight excluding hydrogens is 488 g/mol. The van der Waals surface area contributed by atoms with Crippen molar-refractivity contribution in [3.63, 3.8) is 0 Å². The van der Waals surface area contributed by atoms with Gasteiger partial charge in [-0.1, -0.05) is 47.7 Å². The number of ether oxygens (including phenoxy) is 2. The molecule has 0 atom stereocenters. The Labute approximate surface area is 200 Å². The van der Waals surface area contributed by atoms with Crippen LogP contribution in [0, 0.1) is 6.92 Å². The zero-order chi connectivity index (χ0) is 24.2. The number of aryl methyl sites for hydroxylation is 1. The SMILES string of the molecule is COc1cc(/C=C2/SC(=S)N(NS(=O)(=O)c3ccc(C)cc3)C2=O)ccc1OCCC(=O)O. The minimum absolute atomic E-state index is 0.00866. The quantitative estimate of drug-likeness (QED) is 0.389. The van der Waals surface area contributed by atoms with E-state index in [-0.39, 0.29) is 27.1 Å². The number of nitrogens with zero attached hydrogens (tertiary/aromatic N) is 1. The van der Waals surface area contributed by atoms with Crippen LogP contribution in [-0.2, 0) is 19.6 Å². The highest BCUT2D eigenvalue weighted by molar-refractivity contribution is 8.26. The van der Waals surface area contributed by atoms with Crippen LogP contribution in [0.3, 0.4) is 0 Å². The van der Waals surface area contributed by atoms with Crippen molar-refractivity contribution < 1.29 is 32.6 Å². The predicted molar refractivity (Wildman–Crippen MR) is 127 cm³/mol. The number of carboxylic acids is 1. The van der Waals surface area contributed by atoms with E-state index in [9.17, 15) is 18.0 Å². The van der Waals surface area contributed by atoms with E-state index in [0.717, 1.165) is 22.3 Å². The standard InChI is InChI=1S/C21H20N2O7S3/c1-13-3-6-15(7-4-13)33(27,28)22-23-20(26)18(32-21(23)31)12-14-5-8-16(17(11-14)29-2)30-10-9-19(24)25/h3-8,11-12,22H,9-10H2,1-2H3,(H,24,25)/b18-12+. The number of carbonyl (C=O) groups is 2. The summed E-state index contributed by atoms with van der Waals surface area (Å²) in [6, 6.07) is 11.0. The van der Waals surface area contributed by atoms with Gasteiger partial charge in [0.25, 0.3) is 15.9 Å². The third-order valence-electron chi connectivity index (χ3n) is 4.40. The molecule has 0 radical (unpaired) electrons. The van der Waals surface area contributed by atoms with Crippen molar-refractivity contribution in [2.75, 3.05) is 13.7 Å². The maximum Gasteiger partial charge on any atom is 0.306 e. The first-order valence-corrected chi connectivity index (χ1v) is 12.2. The summed E-state index contributed by atoms with van der Waals surface area (Å²) < 4.78 is 36.0. The van der Waals surface area contributed by atoms with E-state index in [4.69, 9.17) is 26.8 Å². The molecule has 1 saturated heterocycles. The Balaban J connectivity index is 1.77. The zero-order valence-electron chi connectivity index (χ0n) is 17.6. The number of thioether (sulfide) groups is 1. The third-order valence-corrected chi connectivity index (χ3v) is 7.01. The molecule has 12 heteroatoms. The van der Waals surface area contributed by atoms with Gasteiger partial charge in [0, 0.05) is 0 Å². The Hall–Kier alpha value is -2.93. The van der Waals surface area contributed by atoms with Gasteiger partial charge in [0.05, 0.1) is 29.9 Å². The number of carbonyl (C=O) groups excluding carboxylic acids is 1. The molecule has 0 aliphatic carbocycles. The highest BCUT2D eigenvalue weighted by Gasteiger charge is 2.35. The first-order chi connectivity index (χ1) is 15.6. The van der Waals surface area contributed by atoms with Crippen molar-refractivity contribution in [1.82, 2.24) is 9.84 Å². The number of rotatable bonds is 9. The lowest BCUT2D eigenvalue weighted by molar-refractivity contribution is -0.137. The van der Waals surface area contributed by atoms with Gasteiger partial charge in [-0.05, 0) is 42.8 Å². The number of amides is 1. The van der Waals surface area contributed by atoms with Crippen molar-refractivity contribution in [2.24, 2.45) is 0 Å². The molecule has 1 fully saturated rings. The van der Waals surface area contributed by atoms with Crippen LogP contribution in [0.1, 0.15) is 17.5 Å². The van der Waals surface area contributed by atoms with Crippen LogP contribution in [-0.4, -0.2) is 48.4 Å². The monoisotopic (exact) mass is 508 g/mol. The lowest BCUT2D eigenvalue weighted by atomic mass is 10.2. The molecular formula is C21H20N2O7S3. The van der Waals surface area contributed by atoms with Crippen LogP contribution < -0.4 is 14.3 Å². The summed E-state index contributed by atoms with van der Waals surface area (Å²) >= 11 is 6.15. The molecule has 1 heterocycles. The van der Waals surface area contributed by atoms with Gasteiger partial charge in [0.2, 0.25) is 0 Å². The van der Waals surface area contributed by atoms with E-state index < -0.39 is 21.9 Å². The van der Waals surface area contributed by atoms with Crippen molar-refractivity contribution in [1.29, 1.82) is 0 Å². The molecule has 2 N–H and O–H groups in total. The summed E-state index contributed by atoms with van der Waals surface area (Å²) in [4.78, 5) is 25.9. The second-order valence-corrected chi connectivity index (χ2v) is 10.2. The molecule has 0 aromatic heterocycles. The minimum Gasteiger partial charge on any atom is -0.493 e. The first-order valence-electron chi connectivity index (χ1n) is 9.50. The number of hydrogen-bond acceptors (Lipinski definition) is 8. The minimum atomic E-state index is -4.01. The molecule has 9 nitrogen and oxygen atoms in total. The molecule has 2 aromatic carbocycles. The topological polar surface area (TPSA) is 122 Å². The van der Waals surface area contributed by atoms with Crippen molar-refractivity contribution in [3.05, 3.63) is 58.5 Å². The van der Waals surface area contributed by atoms with Crippen molar-refractivity contribution >= 4 is 56.3 Å². The molecule has 0 saturated carbocycles. The van der Waals surface area contributed by atoms with E-state index in [2.05, 4.69) is 4.83 Å². The van der Waals surface area contributed by atoms with Crippen molar-refractivity contribution in [2.45, 2.75) is 18.2 Å². The predicted octanol–water partition coefficient (Wildman–Crippen LogP) is 2.95. The summed E-state index contributed by atoms with van der Waals surface area (Å²) in [5.74, 6) is -0.883. The fourth-order valence-electron chi connectivity index (χ4n) is 2.73. The number of aliphatic carboxylic acids is 1. The summed E-state index contributed by atoms with van der Waals surface area (Å²) in [5.41, 5.74) is 1.48. The molecule has 0 spiro atoms. The molecule has 1 aliphatic heterocycles. The molecule has 0 unspecified atom stereocenters. The van der Waals surface area contributed by atoms with Gasteiger partial charge in [-0.25, -0.2) is 13.4 Å². The fourth-order valence-corrected chi connectivity index (χ4v) is 5.04. The van der Waals surface area contributed by atoms with E-state index in [1.54, 1.807) is 36.4 Å². The maximum atomic E-state index is 12.8. The molecule has 1 aliphatic rings. The molecule has 0 bridgehead atoms. The van der Waals surface area contributed by atoms with E-state index in [0.29, 0.717) is 17.1 Å². The van der Waals surface area contributed by atoms with Crippen molar-refractivity contribution in [3.8, 4) is 11.5 Å². The van der Waals surface area contributed by atoms with Gasteiger partial charge in [0.15, 0.2) is 15.8 Å². The van der Waals surface area contributed by atoms with E-state index in [1.807, 2.05) is 6.92 Å². The molecule has 33 heavy (non-hydrogen) atoms. The van der Waals surface area contributed by atoms with Gasteiger partial charge < -0.3 is 14.6 Å². The lowest BCUT2D eigenvalue weighted by Crippen LogP contribution is -2.44. The average molecular weight is 509 g/mol. The second-order valence-electron chi connectivity index (χ2n) is 6.83. The normalized spacial score (nSPS) is 15.2. The summed E-state index contributed by atoms with van der Waals surface area (Å²) in [6.45, 7) is 1.81. The number of benzene rings is 2. The zero-order valence-corrected chi connectivity index (χ0v) is 20.1. The number of sulfonamides is 1. The smallest absolute Gasteiger partial charge is 0.306 e. The second kappa shape index (κ2) is 10.3. The van der Waals surface area contributed by atoms with E-state index >= 15 is 0 Å². The highest BCUT2D eigenvalue weighted by Crippen LogP contribution is 2.34.